The Morgan fingerprint density at radius 3 is 2.43 bits per heavy atom. The first-order chi connectivity index (χ1) is 9.88. The minimum atomic E-state index is 0.585. The average Bonchev–Trinajstić information content (AvgIpc) is 2.82. The molecule has 0 unspecified atom stereocenters. The van der Waals surface area contributed by atoms with Gasteiger partial charge in [-0.05, 0) is 32.5 Å². The van der Waals surface area contributed by atoms with Crippen LogP contribution in [0.25, 0.3) is 0 Å². The molecule has 0 saturated carbocycles. The Kier molecular flexibility index (Phi) is 7.75. The van der Waals surface area contributed by atoms with Crippen LogP contribution in [0.4, 0.5) is 6.01 Å². The van der Waals surface area contributed by atoms with E-state index >= 15 is 0 Å². The molecule has 1 rings (SSSR count). The molecule has 21 heavy (non-hydrogen) atoms. The van der Waals surface area contributed by atoms with Crippen LogP contribution in [0.3, 0.4) is 0 Å². The summed E-state index contributed by atoms with van der Waals surface area (Å²) in [6.07, 6.45) is 1.77. The number of hydrogen-bond acceptors (Lipinski definition) is 5. The van der Waals surface area contributed by atoms with Crippen molar-refractivity contribution in [3.63, 3.8) is 0 Å². The van der Waals surface area contributed by atoms with Crippen LogP contribution in [-0.4, -0.2) is 50.2 Å². The van der Waals surface area contributed by atoms with Crippen LogP contribution in [0.5, 0.6) is 0 Å². The first-order valence-corrected chi connectivity index (χ1v) is 7.93. The number of nitrogens with zero attached hydrogens (tertiary/aromatic N) is 3. The van der Waals surface area contributed by atoms with E-state index in [0.717, 1.165) is 44.4 Å². The molecule has 1 heterocycles. The fourth-order valence-electron chi connectivity index (χ4n) is 2.04. The number of rotatable bonds is 10. The highest BCUT2D eigenvalue weighted by Gasteiger charge is 2.14. The zero-order valence-corrected chi connectivity index (χ0v) is 14.5. The molecule has 0 atom stereocenters. The minimum Gasteiger partial charge on any atom is -0.432 e. The maximum absolute atomic E-state index is 5.67. The molecule has 0 radical (unpaired) electrons. The monoisotopic (exact) mass is 296 g/mol. The van der Waals surface area contributed by atoms with Gasteiger partial charge in [-0.1, -0.05) is 27.7 Å². The molecule has 1 aromatic heterocycles. The first kappa shape index (κ1) is 18.0. The summed E-state index contributed by atoms with van der Waals surface area (Å²) >= 11 is 0. The van der Waals surface area contributed by atoms with Crippen molar-refractivity contribution in [1.29, 1.82) is 0 Å². The molecule has 5 nitrogen and oxygen atoms in total. The summed E-state index contributed by atoms with van der Waals surface area (Å²) in [5.41, 5.74) is 0.976. The van der Waals surface area contributed by atoms with Crippen molar-refractivity contribution in [2.75, 3.05) is 45.2 Å². The van der Waals surface area contributed by atoms with Gasteiger partial charge in [-0.2, -0.15) is 4.98 Å². The Bertz CT molecular complexity index is 387. The zero-order chi connectivity index (χ0) is 15.8. The van der Waals surface area contributed by atoms with E-state index < -0.39 is 0 Å². The summed E-state index contributed by atoms with van der Waals surface area (Å²) in [4.78, 5) is 9.03. The summed E-state index contributed by atoms with van der Waals surface area (Å²) in [6.45, 7) is 13.5. The van der Waals surface area contributed by atoms with Crippen molar-refractivity contribution >= 4 is 6.01 Å². The summed E-state index contributed by atoms with van der Waals surface area (Å²) in [5, 5.41) is 3.40. The van der Waals surface area contributed by atoms with E-state index in [0.29, 0.717) is 11.8 Å². The highest BCUT2D eigenvalue weighted by molar-refractivity contribution is 5.27. The molecule has 0 aliphatic carbocycles. The number of oxazole rings is 1. The molecule has 1 N–H and O–H groups in total. The van der Waals surface area contributed by atoms with E-state index in [4.69, 9.17) is 4.42 Å². The quantitative estimate of drug-likeness (QED) is 0.718. The van der Waals surface area contributed by atoms with Crippen molar-refractivity contribution in [2.24, 2.45) is 11.8 Å². The van der Waals surface area contributed by atoms with Crippen molar-refractivity contribution in [1.82, 2.24) is 15.2 Å². The van der Waals surface area contributed by atoms with Crippen LogP contribution in [-0.2, 0) is 6.54 Å². The third-order valence-corrected chi connectivity index (χ3v) is 3.07. The highest BCUT2D eigenvalue weighted by Crippen LogP contribution is 2.15. The van der Waals surface area contributed by atoms with E-state index in [-0.39, 0.29) is 0 Å². The van der Waals surface area contributed by atoms with Crippen LogP contribution in [0.1, 0.15) is 33.4 Å². The molecule has 122 valence electrons. The lowest BCUT2D eigenvalue weighted by Gasteiger charge is -2.24. The number of hydrogen-bond donors (Lipinski definition) is 1. The smallest absolute Gasteiger partial charge is 0.297 e. The van der Waals surface area contributed by atoms with Crippen LogP contribution in [0, 0.1) is 11.8 Å². The van der Waals surface area contributed by atoms with Gasteiger partial charge in [0.2, 0.25) is 0 Å². The first-order valence-electron chi connectivity index (χ1n) is 7.93. The van der Waals surface area contributed by atoms with Crippen molar-refractivity contribution < 1.29 is 4.42 Å². The van der Waals surface area contributed by atoms with Gasteiger partial charge in [0.25, 0.3) is 6.01 Å². The van der Waals surface area contributed by atoms with E-state index in [2.05, 4.69) is 61.9 Å². The predicted octanol–water partition coefficient (Wildman–Crippen LogP) is 2.44. The van der Waals surface area contributed by atoms with Gasteiger partial charge < -0.3 is 19.5 Å². The second-order valence-electron chi connectivity index (χ2n) is 6.79. The number of likely N-dealkylation sites (N-methyl/N-ethyl adjacent to an activating group) is 1. The highest BCUT2D eigenvalue weighted by atomic mass is 16.4. The topological polar surface area (TPSA) is 44.5 Å². The van der Waals surface area contributed by atoms with Crippen molar-refractivity contribution in [3.8, 4) is 0 Å². The second-order valence-corrected chi connectivity index (χ2v) is 6.79. The summed E-state index contributed by atoms with van der Waals surface area (Å²) < 4.78 is 5.67. The van der Waals surface area contributed by atoms with E-state index in [9.17, 15) is 0 Å². The maximum atomic E-state index is 5.67. The second kappa shape index (κ2) is 9.05. The fourth-order valence-corrected chi connectivity index (χ4v) is 2.04. The Labute approximate surface area is 129 Å². The molecule has 5 heteroatoms. The molecule has 0 amide bonds. The molecular formula is C16H32N4O. The lowest BCUT2D eigenvalue weighted by atomic mass is 10.2. The predicted molar refractivity (Wildman–Crippen MR) is 88.7 cm³/mol. The van der Waals surface area contributed by atoms with Gasteiger partial charge >= 0.3 is 0 Å². The minimum absolute atomic E-state index is 0.585. The molecular weight excluding hydrogens is 264 g/mol. The Morgan fingerprint density at radius 2 is 1.86 bits per heavy atom. The normalized spacial score (nSPS) is 11.9. The van der Waals surface area contributed by atoms with Gasteiger partial charge in [0.15, 0.2) is 0 Å². The van der Waals surface area contributed by atoms with Crippen LogP contribution >= 0.6 is 0 Å². The molecule has 0 aliphatic rings. The van der Waals surface area contributed by atoms with Gasteiger partial charge in [-0.15, -0.1) is 0 Å². The van der Waals surface area contributed by atoms with Crippen LogP contribution in [0.2, 0.25) is 0 Å². The molecule has 0 aliphatic heterocycles. The maximum Gasteiger partial charge on any atom is 0.297 e. The standard InChI is InChI=1S/C16H32N4O/c1-13(2)9-17-10-15-12-21-16(18-15)20(11-14(3)4)8-7-19(5)6/h12-14,17H,7-11H2,1-6H3. The van der Waals surface area contributed by atoms with Gasteiger partial charge in [0.05, 0.1) is 5.69 Å². The SMILES string of the molecule is CC(C)CNCc1coc(N(CCN(C)C)CC(C)C)n1. The van der Waals surface area contributed by atoms with Gasteiger partial charge in [0, 0.05) is 26.2 Å². The number of aromatic nitrogens is 1. The van der Waals surface area contributed by atoms with Gasteiger partial charge in [0.1, 0.15) is 6.26 Å². The van der Waals surface area contributed by atoms with Gasteiger partial charge in [-0.3, -0.25) is 0 Å². The van der Waals surface area contributed by atoms with Crippen LogP contribution in [0.15, 0.2) is 10.7 Å². The van der Waals surface area contributed by atoms with Gasteiger partial charge in [-0.25, -0.2) is 0 Å². The Balaban J connectivity index is 2.58. The lowest BCUT2D eigenvalue weighted by Crippen LogP contribution is -2.34. The Hall–Kier alpha value is -1.07. The fraction of sp³-hybridized carbons (Fsp3) is 0.812. The molecule has 0 saturated heterocycles. The van der Waals surface area contributed by atoms with E-state index in [1.165, 1.54) is 0 Å². The average molecular weight is 296 g/mol. The Morgan fingerprint density at radius 1 is 1.14 bits per heavy atom. The molecule has 1 aromatic rings. The summed E-state index contributed by atoms with van der Waals surface area (Å²) in [7, 11) is 4.18. The molecule has 0 bridgehead atoms. The van der Waals surface area contributed by atoms with Crippen LogP contribution < -0.4 is 10.2 Å². The largest absolute Gasteiger partial charge is 0.432 e. The third kappa shape index (κ3) is 7.48. The van der Waals surface area contributed by atoms with E-state index in [1.54, 1.807) is 6.26 Å². The lowest BCUT2D eigenvalue weighted by molar-refractivity contribution is 0.399. The molecule has 0 fully saturated rings. The van der Waals surface area contributed by atoms with E-state index in [1.807, 2.05) is 0 Å². The number of anilines is 1. The number of nitrogens with one attached hydrogen (secondary N) is 1. The molecule has 0 aromatic carbocycles. The summed E-state index contributed by atoms with van der Waals surface area (Å²) in [6, 6.07) is 0.742. The third-order valence-electron chi connectivity index (χ3n) is 3.07. The van der Waals surface area contributed by atoms with Crippen molar-refractivity contribution in [3.05, 3.63) is 12.0 Å². The zero-order valence-electron chi connectivity index (χ0n) is 14.5. The molecule has 0 spiro atoms. The van der Waals surface area contributed by atoms with Crippen molar-refractivity contribution in [2.45, 2.75) is 34.2 Å². The summed E-state index contributed by atoms with van der Waals surface area (Å²) in [5.74, 6) is 1.23.